The predicted octanol–water partition coefficient (Wildman–Crippen LogP) is 3.75. The minimum absolute atomic E-state index is 0.0596. The highest BCUT2D eigenvalue weighted by atomic mass is 32.1. The molecule has 21 heavy (non-hydrogen) atoms. The maximum absolute atomic E-state index is 12.3. The molecule has 1 heterocycles. The van der Waals surface area contributed by atoms with Crippen molar-refractivity contribution in [1.29, 1.82) is 0 Å². The van der Waals surface area contributed by atoms with Gasteiger partial charge in [0.15, 0.2) is 0 Å². The van der Waals surface area contributed by atoms with Gasteiger partial charge in [0.05, 0.1) is 0 Å². The molecule has 0 bridgehead atoms. The van der Waals surface area contributed by atoms with E-state index >= 15 is 0 Å². The van der Waals surface area contributed by atoms with Crippen LogP contribution in [0.15, 0.2) is 61.2 Å². The summed E-state index contributed by atoms with van der Waals surface area (Å²) in [6.45, 7) is 8.30. The first-order valence-corrected chi connectivity index (χ1v) is 7.31. The highest BCUT2D eigenvalue weighted by Crippen LogP contribution is 2.23. The van der Waals surface area contributed by atoms with E-state index in [0.29, 0.717) is 29.6 Å². The van der Waals surface area contributed by atoms with Crippen molar-refractivity contribution in [2.45, 2.75) is 0 Å². The van der Waals surface area contributed by atoms with Crippen molar-refractivity contribution in [1.82, 2.24) is 9.88 Å². The van der Waals surface area contributed by atoms with Crippen LogP contribution in [0.4, 0.5) is 0 Å². The zero-order chi connectivity index (χ0) is 15.1. The molecule has 4 nitrogen and oxygen atoms in total. The van der Waals surface area contributed by atoms with Gasteiger partial charge in [0.25, 0.3) is 11.1 Å². The molecule has 1 aromatic carbocycles. The third-order valence-corrected chi connectivity index (χ3v) is 3.35. The molecule has 0 saturated heterocycles. The van der Waals surface area contributed by atoms with E-state index in [0.717, 1.165) is 0 Å². The van der Waals surface area contributed by atoms with E-state index in [1.54, 1.807) is 47.5 Å². The van der Waals surface area contributed by atoms with Crippen LogP contribution in [-0.2, 0) is 0 Å². The average molecular weight is 300 g/mol. The normalized spacial score (nSPS) is 9.90. The van der Waals surface area contributed by atoms with Crippen molar-refractivity contribution in [3.8, 4) is 10.9 Å². The molecule has 0 spiro atoms. The van der Waals surface area contributed by atoms with Crippen LogP contribution < -0.4 is 4.74 Å². The van der Waals surface area contributed by atoms with E-state index < -0.39 is 0 Å². The molecule has 0 N–H and O–H groups in total. The van der Waals surface area contributed by atoms with Crippen LogP contribution >= 0.6 is 11.3 Å². The summed E-state index contributed by atoms with van der Waals surface area (Å²) in [6.07, 6.45) is 5.07. The van der Waals surface area contributed by atoms with Crippen molar-refractivity contribution in [3.63, 3.8) is 0 Å². The van der Waals surface area contributed by atoms with Crippen molar-refractivity contribution in [3.05, 3.63) is 66.7 Å². The highest BCUT2D eigenvalue weighted by Gasteiger charge is 2.13. The Morgan fingerprint density at radius 3 is 2.43 bits per heavy atom. The van der Waals surface area contributed by atoms with Crippen LogP contribution in [0.1, 0.15) is 10.4 Å². The number of aromatic nitrogens is 1. The van der Waals surface area contributed by atoms with Gasteiger partial charge in [0.2, 0.25) is 0 Å². The van der Waals surface area contributed by atoms with Gasteiger partial charge < -0.3 is 9.64 Å². The Morgan fingerprint density at radius 2 is 1.90 bits per heavy atom. The second-order valence-electron chi connectivity index (χ2n) is 4.21. The summed E-state index contributed by atoms with van der Waals surface area (Å²) in [5.74, 6) is 0.594. The van der Waals surface area contributed by atoms with E-state index in [-0.39, 0.29) is 5.91 Å². The van der Waals surface area contributed by atoms with E-state index in [9.17, 15) is 4.79 Å². The number of hydrogen-bond donors (Lipinski definition) is 0. The monoisotopic (exact) mass is 300 g/mol. The summed E-state index contributed by atoms with van der Waals surface area (Å²) in [5.41, 5.74) is 0.602. The SMILES string of the molecule is C=CCN(CC=C)C(=O)c1ccc(Oc2nccs2)cc1. The van der Waals surface area contributed by atoms with Crippen LogP contribution in [-0.4, -0.2) is 28.9 Å². The molecule has 0 atom stereocenters. The van der Waals surface area contributed by atoms with Crippen LogP contribution in [0.5, 0.6) is 10.9 Å². The molecule has 1 amide bonds. The summed E-state index contributed by atoms with van der Waals surface area (Å²) in [7, 11) is 0. The van der Waals surface area contributed by atoms with E-state index in [1.165, 1.54) is 11.3 Å². The van der Waals surface area contributed by atoms with Crippen molar-refractivity contribution < 1.29 is 9.53 Å². The van der Waals surface area contributed by atoms with Gasteiger partial charge >= 0.3 is 0 Å². The van der Waals surface area contributed by atoms with Gasteiger partial charge in [-0.15, -0.1) is 13.2 Å². The highest BCUT2D eigenvalue weighted by molar-refractivity contribution is 7.11. The number of carbonyl (C=O) groups is 1. The zero-order valence-electron chi connectivity index (χ0n) is 11.6. The fourth-order valence-corrected chi connectivity index (χ4v) is 2.27. The molecular weight excluding hydrogens is 284 g/mol. The van der Waals surface area contributed by atoms with Crippen molar-refractivity contribution >= 4 is 17.2 Å². The molecular formula is C16H16N2O2S. The third kappa shape index (κ3) is 4.03. The Hall–Kier alpha value is -2.40. The molecule has 0 aliphatic rings. The number of thiazole rings is 1. The molecule has 0 radical (unpaired) electrons. The van der Waals surface area contributed by atoms with Crippen molar-refractivity contribution in [2.24, 2.45) is 0 Å². The first kappa shape index (κ1) is 15.0. The molecule has 5 heteroatoms. The summed E-state index contributed by atoms with van der Waals surface area (Å²) in [5, 5.41) is 2.42. The van der Waals surface area contributed by atoms with Gasteiger partial charge in [-0.3, -0.25) is 4.79 Å². The minimum Gasteiger partial charge on any atom is -0.431 e. The van der Waals surface area contributed by atoms with Gasteiger partial charge in [0.1, 0.15) is 5.75 Å². The number of hydrogen-bond acceptors (Lipinski definition) is 4. The fraction of sp³-hybridized carbons (Fsp3) is 0.125. The van der Waals surface area contributed by atoms with Gasteiger partial charge in [-0.25, -0.2) is 4.98 Å². The summed E-state index contributed by atoms with van der Waals surface area (Å²) >= 11 is 1.42. The lowest BCUT2D eigenvalue weighted by Gasteiger charge is -2.19. The smallest absolute Gasteiger partial charge is 0.278 e. The van der Waals surface area contributed by atoms with Gasteiger partial charge in [-0.05, 0) is 24.3 Å². The Morgan fingerprint density at radius 1 is 1.24 bits per heavy atom. The number of rotatable bonds is 7. The second-order valence-corrected chi connectivity index (χ2v) is 5.07. The third-order valence-electron chi connectivity index (χ3n) is 2.70. The molecule has 1 aromatic heterocycles. The lowest BCUT2D eigenvalue weighted by atomic mass is 10.2. The van der Waals surface area contributed by atoms with Gasteiger partial charge in [0, 0.05) is 30.2 Å². The summed E-state index contributed by atoms with van der Waals surface area (Å²) in [4.78, 5) is 18.0. The predicted molar refractivity (Wildman–Crippen MR) is 84.9 cm³/mol. The molecule has 0 aliphatic heterocycles. The molecule has 0 fully saturated rings. The zero-order valence-corrected chi connectivity index (χ0v) is 12.4. The number of amides is 1. The average Bonchev–Trinajstić information content (AvgIpc) is 3.00. The maximum Gasteiger partial charge on any atom is 0.278 e. The molecule has 0 saturated carbocycles. The largest absolute Gasteiger partial charge is 0.431 e. The molecule has 108 valence electrons. The Labute approximate surface area is 128 Å². The van der Waals surface area contributed by atoms with Crippen LogP contribution in [0.2, 0.25) is 0 Å². The van der Waals surface area contributed by atoms with Crippen molar-refractivity contribution in [2.75, 3.05) is 13.1 Å². The minimum atomic E-state index is -0.0596. The van der Waals surface area contributed by atoms with E-state index in [1.807, 2.05) is 5.38 Å². The second kappa shape index (κ2) is 7.40. The van der Waals surface area contributed by atoms with Crippen LogP contribution in [0.3, 0.4) is 0 Å². The van der Waals surface area contributed by atoms with Gasteiger partial charge in [-0.1, -0.05) is 23.5 Å². The Balaban J connectivity index is 2.08. The van der Waals surface area contributed by atoms with Crippen LogP contribution in [0, 0.1) is 0 Å². The fourth-order valence-electron chi connectivity index (χ4n) is 1.76. The molecule has 0 unspecified atom stereocenters. The molecule has 2 aromatic rings. The lowest BCUT2D eigenvalue weighted by molar-refractivity contribution is 0.0791. The van der Waals surface area contributed by atoms with Crippen LogP contribution in [0.25, 0.3) is 0 Å². The molecule has 2 rings (SSSR count). The quantitative estimate of drug-likeness (QED) is 0.731. The van der Waals surface area contributed by atoms with E-state index in [4.69, 9.17) is 4.74 Å². The lowest BCUT2D eigenvalue weighted by Crippen LogP contribution is -2.31. The summed E-state index contributed by atoms with van der Waals surface area (Å²) < 4.78 is 5.56. The van der Waals surface area contributed by atoms with E-state index in [2.05, 4.69) is 18.1 Å². The van der Waals surface area contributed by atoms with Gasteiger partial charge in [-0.2, -0.15) is 0 Å². The first-order valence-electron chi connectivity index (χ1n) is 6.43. The molecule has 0 aliphatic carbocycles. The standard InChI is InChI=1S/C16H16N2O2S/c1-3-10-18(11-4-2)15(19)13-5-7-14(8-6-13)20-16-17-9-12-21-16/h3-9,12H,1-2,10-11H2. The maximum atomic E-state index is 12.3. The number of ether oxygens (including phenoxy) is 1. The Kier molecular flexibility index (Phi) is 5.29. The topological polar surface area (TPSA) is 42.4 Å². The summed E-state index contributed by atoms with van der Waals surface area (Å²) in [6, 6.07) is 7.00. The first-order chi connectivity index (χ1) is 10.2. The number of nitrogens with zero attached hydrogens (tertiary/aromatic N) is 2. The number of benzene rings is 1. The number of carbonyl (C=O) groups excluding carboxylic acids is 1. The Bertz CT molecular complexity index is 596.